The van der Waals surface area contributed by atoms with Crippen LogP contribution in [-0.2, 0) is 6.54 Å². The fourth-order valence-electron chi connectivity index (χ4n) is 1.75. The third kappa shape index (κ3) is 3.52. The number of hydrogen-bond donors (Lipinski definition) is 1. The standard InChI is InChI=1S/C15H18ClNO2/c1-10(2)17-9-12-5-7-14(19-12)11-4-6-13(16)15(8-11)18-3/h4-8,10,17H,9H2,1-3H3. The number of ether oxygens (including phenoxy) is 1. The second-order valence-corrected chi connectivity index (χ2v) is 5.06. The molecule has 0 aliphatic heterocycles. The van der Waals surface area contributed by atoms with Gasteiger partial charge in [-0.25, -0.2) is 0 Å². The minimum absolute atomic E-state index is 0.434. The monoisotopic (exact) mass is 279 g/mol. The van der Waals surface area contributed by atoms with E-state index in [9.17, 15) is 0 Å². The van der Waals surface area contributed by atoms with Crippen molar-refractivity contribution in [2.75, 3.05) is 7.11 Å². The first kappa shape index (κ1) is 14.0. The van der Waals surface area contributed by atoms with Crippen LogP contribution < -0.4 is 10.1 Å². The minimum Gasteiger partial charge on any atom is -0.495 e. The van der Waals surface area contributed by atoms with Gasteiger partial charge in [0.05, 0.1) is 18.7 Å². The van der Waals surface area contributed by atoms with Gasteiger partial charge in [0.1, 0.15) is 17.3 Å². The highest BCUT2D eigenvalue weighted by molar-refractivity contribution is 6.32. The third-order valence-corrected chi connectivity index (χ3v) is 3.09. The Morgan fingerprint density at radius 1 is 1.26 bits per heavy atom. The summed E-state index contributed by atoms with van der Waals surface area (Å²) in [5, 5.41) is 3.92. The average Bonchev–Trinajstić information content (AvgIpc) is 2.86. The summed E-state index contributed by atoms with van der Waals surface area (Å²) in [6.45, 7) is 4.93. The number of hydrogen-bond acceptors (Lipinski definition) is 3. The van der Waals surface area contributed by atoms with Crippen molar-refractivity contribution >= 4 is 11.6 Å². The molecule has 0 amide bonds. The van der Waals surface area contributed by atoms with Crippen molar-refractivity contribution in [3.05, 3.63) is 41.1 Å². The van der Waals surface area contributed by atoms with Crippen molar-refractivity contribution in [1.29, 1.82) is 0 Å². The van der Waals surface area contributed by atoms with Crippen LogP contribution in [0.2, 0.25) is 5.02 Å². The summed E-state index contributed by atoms with van der Waals surface area (Å²) in [6, 6.07) is 9.98. The maximum absolute atomic E-state index is 6.01. The second kappa shape index (κ2) is 6.13. The summed E-state index contributed by atoms with van der Waals surface area (Å²) >= 11 is 6.01. The highest BCUT2D eigenvalue weighted by Gasteiger charge is 2.08. The number of halogens is 1. The number of furan rings is 1. The van der Waals surface area contributed by atoms with E-state index in [2.05, 4.69) is 19.2 Å². The zero-order valence-corrected chi connectivity index (χ0v) is 12.1. The van der Waals surface area contributed by atoms with Gasteiger partial charge in [0.2, 0.25) is 0 Å². The van der Waals surface area contributed by atoms with Crippen molar-refractivity contribution in [3.63, 3.8) is 0 Å². The van der Waals surface area contributed by atoms with Crippen molar-refractivity contribution < 1.29 is 9.15 Å². The summed E-state index contributed by atoms with van der Waals surface area (Å²) < 4.78 is 11.0. The van der Waals surface area contributed by atoms with E-state index in [0.717, 1.165) is 23.6 Å². The molecule has 0 fully saturated rings. The Kier molecular flexibility index (Phi) is 4.51. The minimum atomic E-state index is 0.434. The van der Waals surface area contributed by atoms with Gasteiger partial charge in [-0.05, 0) is 30.3 Å². The Morgan fingerprint density at radius 2 is 2.05 bits per heavy atom. The van der Waals surface area contributed by atoms with Gasteiger partial charge in [0.25, 0.3) is 0 Å². The molecule has 2 aromatic rings. The molecule has 0 saturated carbocycles. The summed E-state index contributed by atoms with van der Waals surface area (Å²) in [5.41, 5.74) is 0.956. The number of benzene rings is 1. The lowest BCUT2D eigenvalue weighted by molar-refractivity contribution is 0.415. The maximum atomic E-state index is 6.01. The van der Waals surface area contributed by atoms with Crippen LogP contribution in [0.1, 0.15) is 19.6 Å². The van der Waals surface area contributed by atoms with Gasteiger partial charge < -0.3 is 14.5 Å². The van der Waals surface area contributed by atoms with Gasteiger partial charge in [-0.1, -0.05) is 25.4 Å². The molecule has 4 heteroatoms. The molecule has 3 nitrogen and oxygen atoms in total. The summed E-state index contributed by atoms with van der Waals surface area (Å²) in [6.07, 6.45) is 0. The summed E-state index contributed by atoms with van der Waals surface area (Å²) in [7, 11) is 1.60. The molecule has 1 aromatic carbocycles. The SMILES string of the molecule is COc1cc(-c2ccc(CNC(C)C)o2)ccc1Cl. The van der Waals surface area contributed by atoms with E-state index < -0.39 is 0 Å². The lowest BCUT2D eigenvalue weighted by Gasteiger charge is -2.06. The van der Waals surface area contributed by atoms with E-state index in [1.54, 1.807) is 7.11 Å². The van der Waals surface area contributed by atoms with Crippen molar-refractivity contribution in [2.24, 2.45) is 0 Å². The van der Waals surface area contributed by atoms with Gasteiger partial charge in [0.15, 0.2) is 0 Å². The van der Waals surface area contributed by atoms with Gasteiger partial charge >= 0.3 is 0 Å². The number of nitrogens with one attached hydrogen (secondary N) is 1. The van der Waals surface area contributed by atoms with E-state index in [-0.39, 0.29) is 0 Å². The predicted octanol–water partition coefficient (Wildman–Crippen LogP) is 4.11. The number of methoxy groups -OCH3 is 1. The summed E-state index contributed by atoms with van der Waals surface area (Å²) in [4.78, 5) is 0. The Balaban J connectivity index is 2.18. The lowest BCUT2D eigenvalue weighted by atomic mass is 10.1. The Bertz CT molecular complexity index is 549. The van der Waals surface area contributed by atoms with Gasteiger partial charge in [-0.2, -0.15) is 0 Å². The summed E-state index contributed by atoms with van der Waals surface area (Å²) in [5.74, 6) is 2.38. The molecule has 1 heterocycles. The van der Waals surface area contributed by atoms with Crippen LogP contribution in [0.15, 0.2) is 34.7 Å². The first-order valence-electron chi connectivity index (χ1n) is 6.26. The van der Waals surface area contributed by atoms with Crippen LogP contribution in [0.5, 0.6) is 5.75 Å². The van der Waals surface area contributed by atoms with E-state index in [0.29, 0.717) is 16.8 Å². The van der Waals surface area contributed by atoms with Crippen LogP contribution in [-0.4, -0.2) is 13.2 Å². The second-order valence-electron chi connectivity index (χ2n) is 4.65. The fourth-order valence-corrected chi connectivity index (χ4v) is 1.94. The molecule has 0 spiro atoms. The Labute approximate surface area is 118 Å². The fraction of sp³-hybridized carbons (Fsp3) is 0.333. The smallest absolute Gasteiger partial charge is 0.138 e. The molecule has 0 aliphatic rings. The zero-order valence-electron chi connectivity index (χ0n) is 11.4. The van der Waals surface area contributed by atoms with Gasteiger partial charge in [-0.3, -0.25) is 0 Å². The predicted molar refractivity (Wildman–Crippen MR) is 77.7 cm³/mol. The van der Waals surface area contributed by atoms with Crippen molar-refractivity contribution in [2.45, 2.75) is 26.4 Å². The average molecular weight is 280 g/mol. The lowest BCUT2D eigenvalue weighted by Crippen LogP contribution is -2.21. The van der Waals surface area contributed by atoms with Crippen LogP contribution in [0.25, 0.3) is 11.3 Å². The van der Waals surface area contributed by atoms with Gasteiger partial charge in [-0.15, -0.1) is 0 Å². The Hall–Kier alpha value is -1.45. The molecule has 1 N–H and O–H groups in total. The Morgan fingerprint density at radius 3 is 2.74 bits per heavy atom. The maximum Gasteiger partial charge on any atom is 0.138 e. The molecular formula is C15H18ClNO2. The van der Waals surface area contributed by atoms with E-state index in [4.69, 9.17) is 20.8 Å². The van der Waals surface area contributed by atoms with Crippen molar-refractivity contribution in [3.8, 4) is 17.1 Å². The highest BCUT2D eigenvalue weighted by Crippen LogP contribution is 2.31. The van der Waals surface area contributed by atoms with Crippen molar-refractivity contribution in [1.82, 2.24) is 5.32 Å². The van der Waals surface area contributed by atoms with Crippen LogP contribution >= 0.6 is 11.6 Å². The zero-order chi connectivity index (χ0) is 13.8. The largest absolute Gasteiger partial charge is 0.495 e. The van der Waals surface area contributed by atoms with E-state index in [1.165, 1.54) is 0 Å². The molecule has 0 atom stereocenters. The van der Waals surface area contributed by atoms with E-state index >= 15 is 0 Å². The van der Waals surface area contributed by atoms with Crippen LogP contribution in [0.3, 0.4) is 0 Å². The van der Waals surface area contributed by atoms with Crippen LogP contribution in [0.4, 0.5) is 0 Å². The quantitative estimate of drug-likeness (QED) is 0.894. The molecule has 1 aromatic heterocycles. The molecule has 0 aliphatic carbocycles. The normalized spacial score (nSPS) is 11.0. The third-order valence-electron chi connectivity index (χ3n) is 2.78. The molecule has 0 saturated heterocycles. The molecule has 0 bridgehead atoms. The van der Waals surface area contributed by atoms with Gasteiger partial charge in [0, 0.05) is 11.6 Å². The molecule has 19 heavy (non-hydrogen) atoms. The molecule has 0 unspecified atom stereocenters. The first-order valence-corrected chi connectivity index (χ1v) is 6.64. The van der Waals surface area contributed by atoms with E-state index in [1.807, 2.05) is 30.3 Å². The molecular weight excluding hydrogens is 262 g/mol. The topological polar surface area (TPSA) is 34.4 Å². The highest BCUT2D eigenvalue weighted by atomic mass is 35.5. The first-order chi connectivity index (χ1) is 9.10. The van der Waals surface area contributed by atoms with Crippen LogP contribution in [0, 0.1) is 0 Å². The molecule has 102 valence electrons. The number of rotatable bonds is 5. The molecule has 0 radical (unpaired) electrons. The molecule has 2 rings (SSSR count).